The van der Waals surface area contributed by atoms with Crippen LogP contribution in [0.15, 0.2) is 71.6 Å². The molecule has 1 heterocycles. The van der Waals surface area contributed by atoms with Gasteiger partial charge in [0.1, 0.15) is 11.9 Å². The summed E-state index contributed by atoms with van der Waals surface area (Å²) in [7, 11) is -3.52. The first-order valence-corrected chi connectivity index (χ1v) is 15.8. The highest BCUT2D eigenvalue weighted by Gasteiger charge is 2.36. The number of benzene rings is 3. The summed E-state index contributed by atoms with van der Waals surface area (Å²) < 4.78 is 100. The van der Waals surface area contributed by atoms with Crippen LogP contribution in [0.2, 0.25) is 0 Å². The van der Waals surface area contributed by atoms with E-state index in [0.717, 1.165) is 12.1 Å². The zero-order valence-electron chi connectivity index (χ0n) is 24.5. The van der Waals surface area contributed by atoms with Crippen LogP contribution in [0.25, 0.3) is 0 Å². The van der Waals surface area contributed by atoms with Gasteiger partial charge >= 0.3 is 12.8 Å². The molecule has 1 aliphatic rings. The number of sulfone groups is 1. The standard InChI is InChI=1S/C31H32F5N3O6S/c1-2-46(42,43)24-10-3-18(4-11-24)26(15-28(37)40)27-14-20(7-12-25(27)29(38)41)39-16-23(13-21(39)17-44-30(32)33)45-22-8-5-19(6-9-22)31(34,35)36/h3-12,14,21,23,26,30H,2,13,15-17H2,1H3,(H2,37,40)(H2,38,41)/t21-,23-,26-/m0/s1. The molecule has 3 atom stereocenters. The number of carbonyl (C=O) groups excluding carboxylic acids is 2. The molecule has 0 spiro atoms. The molecule has 0 aliphatic carbocycles. The second kappa shape index (κ2) is 14.0. The fraction of sp³-hybridized carbons (Fsp3) is 0.355. The van der Waals surface area contributed by atoms with Gasteiger partial charge in [0.25, 0.3) is 0 Å². The highest BCUT2D eigenvalue weighted by Crippen LogP contribution is 2.37. The molecule has 0 aromatic heterocycles. The summed E-state index contributed by atoms with van der Waals surface area (Å²) in [6.45, 7) is -1.88. The average molecular weight is 670 g/mol. The molecule has 0 radical (unpaired) electrons. The van der Waals surface area contributed by atoms with E-state index in [1.165, 1.54) is 55.5 Å². The topological polar surface area (TPSA) is 142 Å². The van der Waals surface area contributed by atoms with Gasteiger partial charge in [-0.25, -0.2) is 8.42 Å². The fourth-order valence-electron chi connectivity index (χ4n) is 5.46. The van der Waals surface area contributed by atoms with Crippen molar-refractivity contribution in [2.75, 3.05) is 23.8 Å². The lowest BCUT2D eigenvalue weighted by Gasteiger charge is -2.28. The van der Waals surface area contributed by atoms with Crippen molar-refractivity contribution in [2.45, 2.75) is 55.5 Å². The van der Waals surface area contributed by atoms with Gasteiger partial charge in [0.05, 0.1) is 35.4 Å². The SMILES string of the molecule is CCS(=O)(=O)c1ccc([C@H](CC(N)=O)c2cc(N3C[C@@H](Oc4ccc(C(F)(F)F)cc4)C[C@H]3COC(F)F)ccc2C(N)=O)cc1. The Balaban J connectivity index is 1.71. The lowest BCUT2D eigenvalue weighted by molar-refractivity contribution is -0.137. The van der Waals surface area contributed by atoms with E-state index in [9.17, 15) is 40.0 Å². The Kier molecular flexibility index (Phi) is 10.6. The molecule has 4 N–H and O–H groups in total. The third-order valence-corrected chi connectivity index (χ3v) is 9.46. The molecular weight excluding hydrogens is 637 g/mol. The molecule has 3 aromatic rings. The van der Waals surface area contributed by atoms with Gasteiger partial charge in [-0.15, -0.1) is 0 Å². The van der Waals surface area contributed by atoms with Crippen molar-refractivity contribution in [3.8, 4) is 5.75 Å². The smallest absolute Gasteiger partial charge is 0.416 e. The predicted molar refractivity (Wildman–Crippen MR) is 158 cm³/mol. The first kappa shape index (κ1) is 34.6. The van der Waals surface area contributed by atoms with Crippen LogP contribution >= 0.6 is 0 Å². The Labute approximate surface area is 262 Å². The van der Waals surface area contributed by atoms with Crippen LogP contribution in [-0.2, 0) is 25.5 Å². The van der Waals surface area contributed by atoms with Crippen LogP contribution in [0, 0.1) is 0 Å². The summed E-state index contributed by atoms with van der Waals surface area (Å²) in [5.41, 5.74) is 11.6. The third kappa shape index (κ3) is 8.31. The first-order valence-electron chi connectivity index (χ1n) is 14.1. The van der Waals surface area contributed by atoms with Crippen molar-refractivity contribution in [1.82, 2.24) is 0 Å². The van der Waals surface area contributed by atoms with Gasteiger partial charge in [0, 0.05) is 30.0 Å². The molecule has 4 rings (SSSR count). The van der Waals surface area contributed by atoms with Crippen LogP contribution in [0.1, 0.15) is 52.7 Å². The highest BCUT2D eigenvalue weighted by molar-refractivity contribution is 7.91. The lowest BCUT2D eigenvalue weighted by atomic mass is 9.85. The fourth-order valence-corrected chi connectivity index (χ4v) is 6.34. The second-order valence-corrected chi connectivity index (χ2v) is 13.0. The monoisotopic (exact) mass is 669 g/mol. The third-order valence-electron chi connectivity index (χ3n) is 7.71. The Hall–Kier alpha value is -4.24. The maximum Gasteiger partial charge on any atom is 0.416 e. The number of amides is 2. The van der Waals surface area contributed by atoms with E-state index in [1.54, 1.807) is 11.0 Å². The molecule has 0 bridgehead atoms. The number of hydrogen-bond donors (Lipinski definition) is 2. The van der Waals surface area contributed by atoms with E-state index in [4.69, 9.17) is 16.2 Å². The van der Waals surface area contributed by atoms with Gasteiger partial charge in [-0.2, -0.15) is 22.0 Å². The van der Waals surface area contributed by atoms with Crippen molar-refractivity contribution >= 4 is 27.3 Å². The van der Waals surface area contributed by atoms with E-state index in [-0.39, 0.29) is 46.9 Å². The van der Waals surface area contributed by atoms with Crippen molar-refractivity contribution in [3.05, 3.63) is 89.0 Å². The average Bonchev–Trinajstić information content (AvgIpc) is 3.40. The number of rotatable bonds is 13. The Morgan fingerprint density at radius 2 is 1.65 bits per heavy atom. The van der Waals surface area contributed by atoms with E-state index in [2.05, 4.69) is 4.74 Å². The number of alkyl halides is 5. The van der Waals surface area contributed by atoms with Crippen LogP contribution in [0.4, 0.5) is 27.6 Å². The van der Waals surface area contributed by atoms with Gasteiger partial charge < -0.3 is 25.8 Å². The summed E-state index contributed by atoms with van der Waals surface area (Å²) in [5, 5.41) is 0. The molecule has 46 heavy (non-hydrogen) atoms. The number of nitrogens with two attached hydrogens (primary N) is 2. The number of nitrogens with zero attached hydrogens (tertiary/aromatic N) is 1. The van der Waals surface area contributed by atoms with Gasteiger partial charge in [-0.3, -0.25) is 9.59 Å². The molecule has 1 aliphatic heterocycles. The largest absolute Gasteiger partial charge is 0.489 e. The molecule has 0 saturated carbocycles. The van der Waals surface area contributed by atoms with Crippen LogP contribution in [0.5, 0.6) is 5.75 Å². The molecule has 3 aromatic carbocycles. The molecule has 248 valence electrons. The number of hydrogen-bond acceptors (Lipinski definition) is 7. The van der Waals surface area contributed by atoms with Crippen molar-refractivity contribution in [3.63, 3.8) is 0 Å². The minimum absolute atomic E-state index is 0.0531. The second-order valence-electron chi connectivity index (χ2n) is 10.7. The summed E-state index contributed by atoms with van der Waals surface area (Å²) in [6.07, 6.45) is -5.28. The molecule has 9 nitrogen and oxygen atoms in total. The molecule has 0 unspecified atom stereocenters. The Morgan fingerprint density at radius 1 is 1.00 bits per heavy atom. The lowest BCUT2D eigenvalue weighted by Crippen LogP contribution is -2.34. The molecule has 1 fully saturated rings. The molecule has 15 heteroatoms. The minimum atomic E-state index is -4.53. The van der Waals surface area contributed by atoms with E-state index in [1.807, 2.05) is 0 Å². The maximum absolute atomic E-state index is 13.0. The number of ether oxygens (including phenoxy) is 2. The summed E-state index contributed by atoms with van der Waals surface area (Å²) >= 11 is 0. The van der Waals surface area contributed by atoms with Crippen molar-refractivity contribution in [2.24, 2.45) is 11.5 Å². The van der Waals surface area contributed by atoms with E-state index in [0.29, 0.717) is 11.3 Å². The van der Waals surface area contributed by atoms with Crippen LogP contribution in [0.3, 0.4) is 0 Å². The first-order chi connectivity index (χ1) is 21.6. The number of primary amides is 2. The Bertz CT molecular complexity index is 1650. The summed E-state index contributed by atoms with van der Waals surface area (Å²) in [4.78, 5) is 26.4. The van der Waals surface area contributed by atoms with Gasteiger partial charge in [-0.1, -0.05) is 19.1 Å². The van der Waals surface area contributed by atoms with Gasteiger partial charge in [-0.05, 0) is 65.7 Å². The summed E-state index contributed by atoms with van der Waals surface area (Å²) in [5.74, 6) is -2.35. The van der Waals surface area contributed by atoms with Gasteiger partial charge in [0.15, 0.2) is 9.84 Å². The molecule has 1 saturated heterocycles. The minimum Gasteiger partial charge on any atom is -0.489 e. The van der Waals surface area contributed by atoms with Crippen molar-refractivity contribution in [1.29, 1.82) is 0 Å². The summed E-state index contributed by atoms with van der Waals surface area (Å²) in [6, 6.07) is 13.7. The predicted octanol–water partition coefficient (Wildman–Crippen LogP) is 4.87. The molecule has 2 amide bonds. The van der Waals surface area contributed by atoms with Gasteiger partial charge in [0.2, 0.25) is 11.8 Å². The Morgan fingerprint density at radius 3 is 2.20 bits per heavy atom. The van der Waals surface area contributed by atoms with Crippen molar-refractivity contribution < 1.29 is 49.4 Å². The maximum atomic E-state index is 13.0. The molecular formula is C31H32F5N3O6S. The van der Waals surface area contributed by atoms with Crippen LogP contribution < -0.4 is 21.1 Å². The quantitative estimate of drug-likeness (QED) is 0.247. The van der Waals surface area contributed by atoms with E-state index < -0.39 is 64.7 Å². The highest BCUT2D eigenvalue weighted by atomic mass is 32.2. The zero-order valence-corrected chi connectivity index (χ0v) is 25.4. The number of carbonyl (C=O) groups is 2. The van der Waals surface area contributed by atoms with E-state index >= 15 is 0 Å². The normalized spacial score (nSPS) is 17.7. The van der Waals surface area contributed by atoms with Crippen LogP contribution in [-0.4, -0.2) is 57.9 Å². The number of anilines is 1. The number of halogens is 5. The zero-order chi connectivity index (χ0) is 33.8.